The Kier molecular flexibility index (Phi) is 9.38. The zero-order chi connectivity index (χ0) is 22.8. The van der Waals surface area contributed by atoms with Crippen molar-refractivity contribution in [2.75, 3.05) is 6.54 Å². The third-order valence-electron chi connectivity index (χ3n) is 8.41. The van der Waals surface area contributed by atoms with Gasteiger partial charge in [0.15, 0.2) is 0 Å². The Hall–Kier alpha value is -0.636. The van der Waals surface area contributed by atoms with Gasteiger partial charge >= 0.3 is 0 Å². The molecule has 2 aromatic rings. The minimum absolute atomic E-state index is 0. The average molecular weight is 539 g/mol. The van der Waals surface area contributed by atoms with Crippen molar-refractivity contribution in [2.24, 2.45) is 11.8 Å². The van der Waals surface area contributed by atoms with Crippen LogP contribution >= 0.6 is 0 Å². The maximum Gasteiger partial charge on any atom is 0.114 e. The largest absolute Gasteiger partial charge is 0.338 e. The Labute approximate surface area is 229 Å². The summed E-state index contributed by atoms with van der Waals surface area (Å²) in [6, 6.07) is 18.2. The molecule has 181 valence electrons. The van der Waals surface area contributed by atoms with Crippen LogP contribution in [0.15, 0.2) is 48.5 Å². The van der Waals surface area contributed by atoms with Gasteiger partial charge in [-0.1, -0.05) is 60.5 Å². The first-order valence-electron chi connectivity index (χ1n) is 12.9. The summed E-state index contributed by atoms with van der Waals surface area (Å²) in [6.07, 6.45) is 8.61. The zero-order valence-corrected chi connectivity index (χ0v) is 23.0. The van der Waals surface area contributed by atoms with E-state index in [0.717, 1.165) is 19.3 Å². The molecular formula is C30H37F2NY-2. The third-order valence-corrected chi connectivity index (χ3v) is 8.41. The number of halogens is 2. The van der Waals surface area contributed by atoms with Crippen molar-refractivity contribution in [1.29, 1.82) is 0 Å². The van der Waals surface area contributed by atoms with Gasteiger partial charge in [0, 0.05) is 45.3 Å². The van der Waals surface area contributed by atoms with Gasteiger partial charge < -0.3 is 18.7 Å². The van der Waals surface area contributed by atoms with Gasteiger partial charge in [-0.15, -0.1) is 0 Å². The summed E-state index contributed by atoms with van der Waals surface area (Å²) >= 11 is 0. The van der Waals surface area contributed by atoms with E-state index in [2.05, 4.69) is 67.2 Å². The van der Waals surface area contributed by atoms with Crippen LogP contribution in [0, 0.1) is 25.2 Å². The molecule has 3 fully saturated rings. The van der Waals surface area contributed by atoms with E-state index in [0.29, 0.717) is 43.2 Å². The summed E-state index contributed by atoms with van der Waals surface area (Å²) in [4.78, 5) is 0. The van der Waals surface area contributed by atoms with E-state index in [9.17, 15) is 8.78 Å². The van der Waals surface area contributed by atoms with E-state index in [4.69, 9.17) is 0 Å². The van der Waals surface area contributed by atoms with E-state index in [-0.39, 0.29) is 38.6 Å². The van der Waals surface area contributed by atoms with E-state index < -0.39 is 12.3 Å². The van der Waals surface area contributed by atoms with Gasteiger partial charge in [0.2, 0.25) is 0 Å². The maximum absolute atomic E-state index is 13.6. The van der Waals surface area contributed by atoms with E-state index in [1.54, 1.807) is 0 Å². The fraction of sp³-hybridized carbons (Fsp3) is 0.533. The molecule has 0 bridgehead atoms. The average Bonchev–Trinajstić information content (AvgIpc) is 3.59. The molecule has 34 heavy (non-hydrogen) atoms. The molecule has 0 spiro atoms. The van der Waals surface area contributed by atoms with Crippen LogP contribution in [0.25, 0.3) is 11.1 Å². The van der Waals surface area contributed by atoms with Gasteiger partial charge in [-0.25, -0.2) is 15.2 Å². The molecule has 1 aliphatic heterocycles. The smallest absolute Gasteiger partial charge is 0.114 e. The van der Waals surface area contributed by atoms with Crippen molar-refractivity contribution in [3.8, 4) is 11.1 Å². The second kappa shape index (κ2) is 12.1. The van der Waals surface area contributed by atoms with Gasteiger partial charge in [-0.2, -0.15) is 11.8 Å². The van der Waals surface area contributed by atoms with Gasteiger partial charge in [0.25, 0.3) is 0 Å². The summed E-state index contributed by atoms with van der Waals surface area (Å²) in [5.74, 6) is 1.86. The molecule has 3 aliphatic rings. The summed E-state index contributed by atoms with van der Waals surface area (Å²) in [5, 5.41) is 3.39. The van der Waals surface area contributed by atoms with E-state index in [1.165, 1.54) is 41.5 Å². The normalized spacial score (nSPS) is 32.0. The van der Waals surface area contributed by atoms with Crippen molar-refractivity contribution < 1.29 is 41.5 Å². The standard InChI is InChI=1S/C30H37F2N.Y/c1-20(2-3-21-4-15-28(31)16-21)22-5-7-23(8-6-22)24-9-11-25(12-10-24)26-13-14-27(17-26)30-18-29(32)19-33-30;/h3,5-12,20-21,26-30,33H,1-2,4,13-19H2;/q-2;/t20?,21-,26?,27?,28+,29-,30-;/m0./s1. The molecule has 1 saturated heterocycles. The van der Waals surface area contributed by atoms with Crippen molar-refractivity contribution >= 4 is 0 Å². The summed E-state index contributed by atoms with van der Waals surface area (Å²) in [6.45, 7) is 4.87. The Morgan fingerprint density at radius 2 is 1.56 bits per heavy atom. The first kappa shape index (κ1) is 26.4. The van der Waals surface area contributed by atoms with E-state index >= 15 is 0 Å². The van der Waals surface area contributed by atoms with Gasteiger partial charge in [0.05, 0.1) is 6.17 Å². The number of hydrogen-bond donors (Lipinski definition) is 1. The molecule has 1 radical (unpaired) electrons. The number of benzene rings is 2. The summed E-state index contributed by atoms with van der Waals surface area (Å²) in [5.41, 5.74) is 5.13. The minimum atomic E-state index is -0.659. The Bertz CT molecular complexity index is 899. The van der Waals surface area contributed by atoms with Crippen LogP contribution in [-0.2, 0) is 32.7 Å². The monoisotopic (exact) mass is 538 g/mol. The topological polar surface area (TPSA) is 12.0 Å². The number of rotatable bonds is 7. The third kappa shape index (κ3) is 6.37. The molecule has 1 nitrogen and oxygen atoms in total. The molecule has 0 amide bonds. The Morgan fingerprint density at radius 3 is 2.18 bits per heavy atom. The summed E-state index contributed by atoms with van der Waals surface area (Å²) < 4.78 is 26.9. The number of nitrogens with one attached hydrogen (secondary N) is 1. The second-order valence-electron chi connectivity index (χ2n) is 10.7. The summed E-state index contributed by atoms with van der Waals surface area (Å²) in [7, 11) is 0. The molecular weight excluding hydrogens is 501 g/mol. The molecule has 2 saturated carbocycles. The van der Waals surface area contributed by atoms with Crippen LogP contribution in [0.4, 0.5) is 8.78 Å². The molecule has 0 aromatic heterocycles. The molecule has 2 aliphatic carbocycles. The molecule has 5 rings (SSSR count). The van der Waals surface area contributed by atoms with Gasteiger partial charge in [0.1, 0.15) is 6.17 Å². The number of alkyl halides is 2. The molecule has 1 N–H and O–H groups in total. The van der Waals surface area contributed by atoms with Crippen LogP contribution in [-0.4, -0.2) is 24.9 Å². The Balaban J connectivity index is 0.00000274. The maximum atomic E-state index is 13.6. The van der Waals surface area contributed by atoms with Crippen molar-refractivity contribution in [3.05, 3.63) is 73.0 Å². The van der Waals surface area contributed by atoms with Crippen molar-refractivity contribution in [1.82, 2.24) is 5.32 Å². The first-order valence-corrected chi connectivity index (χ1v) is 12.9. The Morgan fingerprint density at radius 1 is 0.853 bits per heavy atom. The van der Waals surface area contributed by atoms with E-state index in [1.807, 2.05) is 0 Å². The van der Waals surface area contributed by atoms with Crippen LogP contribution < -0.4 is 5.32 Å². The predicted octanol–water partition coefficient (Wildman–Crippen LogP) is 7.59. The number of hydrogen-bond acceptors (Lipinski definition) is 1. The fourth-order valence-corrected chi connectivity index (χ4v) is 6.33. The minimum Gasteiger partial charge on any atom is -0.338 e. The van der Waals surface area contributed by atoms with Gasteiger partial charge in [-0.05, 0) is 67.1 Å². The molecule has 2 aromatic carbocycles. The van der Waals surface area contributed by atoms with Crippen LogP contribution in [0.5, 0.6) is 0 Å². The fourth-order valence-electron chi connectivity index (χ4n) is 6.33. The molecule has 3 unspecified atom stereocenters. The second-order valence-corrected chi connectivity index (χ2v) is 10.7. The van der Waals surface area contributed by atoms with Crippen LogP contribution in [0.2, 0.25) is 0 Å². The first-order chi connectivity index (χ1) is 16.0. The van der Waals surface area contributed by atoms with Crippen LogP contribution in [0.1, 0.15) is 74.3 Å². The zero-order valence-electron chi connectivity index (χ0n) is 20.1. The SMILES string of the molecule is [CH2-]C(C[CH-][C@H]1CC[C@@H](F)C1)c1ccc(-c2ccc(C3CCC([C@@H]4C[C@H](F)CN4)C3)cc2)cc1.[Y]. The molecule has 7 atom stereocenters. The quantitative estimate of drug-likeness (QED) is 0.359. The van der Waals surface area contributed by atoms with Crippen LogP contribution in [0.3, 0.4) is 0 Å². The van der Waals surface area contributed by atoms with Crippen molar-refractivity contribution in [2.45, 2.75) is 81.6 Å². The molecule has 4 heteroatoms. The predicted molar refractivity (Wildman–Crippen MR) is 133 cm³/mol. The van der Waals surface area contributed by atoms with Crippen molar-refractivity contribution in [3.63, 3.8) is 0 Å². The van der Waals surface area contributed by atoms with Gasteiger partial charge in [-0.3, -0.25) is 0 Å². The molecule has 1 heterocycles.